The fourth-order valence-corrected chi connectivity index (χ4v) is 1.15. The van der Waals surface area contributed by atoms with E-state index in [0.29, 0.717) is 11.1 Å². The summed E-state index contributed by atoms with van der Waals surface area (Å²) in [5.74, 6) is -0.268. The third-order valence-electron chi connectivity index (χ3n) is 1.38. The summed E-state index contributed by atoms with van der Waals surface area (Å²) in [5, 5.41) is 0. The van der Waals surface area contributed by atoms with Crippen LogP contribution < -0.4 is 5.73 Å². The summed E-state index contributed by atoms with van der Waals surface area (Å²) in [6, 6.07) is 1.58. The van der Waals surface area contributed by atoms with Crippen LogP contribution in [0.2, 0.25) is 0 Å². The van der Waals surface area contributed by atoms with Gasteiger partial charge in [0.15, 0.2) is 0 Å². The zero-order chi connectivity index (χ0) is 9.84. The summed E-state index contributed by atoms with van der Waals surface area (Å²) in [6.07, 6.45) is 1.53. The molecule has 0 saturated carbocycles. The van der Waals surface area contributed by atoms with Crippen LogP contribution in [0.4, 0.5) is 5.82 Å². The summed E-state index contributed by atoms with van der Waals surface area (Å²) >= 11 is 3.19. The summed E-state index contributed by atoms with van der Waals surface area (Å²) < 4.78 is 5.48. The first-order valence-electron chi connectivity index (χ1n) is 3.73. The van der Waals surface area contributed by atoms with Crippen LogP contribution in [-0.2, 0) is 4.74 Å². The maximum atomic E-state index is 11.3. The number of rotatable bonds is 2. The lowest BCUT2D eigenvalue weighted by Crippen LogP contribution is -2.09. The van der Waals surface area contributed by atoms with Crippen molar-refractivity contribution in [3.63, 3.8) is 0 Å². The van der Waals surface area contributed by atoms with Crippen molar-refractivity contribution in [2.75, 3.05) is 12.3 Å². The number of carbonyl (C=O) groups is 1. The van der Waals surface area contributed by atoms with Crippen LogP contribution >= 0.6 is 15.9 Å². The second-order valence-corrected chi connectivity index (χ2v) is 3.22. The largest absolute Gasteiger partial charge is 0.462 e. The lowest BCUT2D eigenvalue weighted by Gasteiger charge is -2.03. The summed E-state index contributed by atoms with van der Waals surface area (Å²) in [7, 11) is 0. The monoisotopic (exact) mass is 244 g/mol. The van der Waals surface area contributed by atoms with Crippen molar-refractivity contribution >= 4 is 27.7 Å². The van der Waals surface area contributed by atoms with E-state index in [-0.39, 0.29) is 11.4 Å². The number of nitrogens with two attached hydrogens (primary N) is 1. The van der Waals surface area contributed by atoms with Crippen LogP contribution in [0.1, 0.15) is 17.3 Å². The maximum Gasteiger partial charge on any atom is 0.341 e. The van der Waals surface area contributed by atoms with Gasteiger partial charge in [0, 0.05) is 10.7 Å². The van der Waals surface area contributed by atoms with Crippen LogP contribution in [-0.4, -0.2) is 17.6 Å². The molecule has 0 spiro atoms. The highest BCUT2D eigenvalue weighted by molar-refractivity contribution is 9.10. The predicted octanol–water partition coefficient (Wildman–Crippen LogP) is 1.60. The maximum absolute atomic E-state index is 11.3. The highest BCUT2D eigenvalue weighted by atomic mass is 79.9. The van der Waals surface area contributed by atoms with Gasteiger partial charge in [0.1, 0.15) is 11.4 Å². The second-order valence-electron chi connectivity index (χ2n) is 2.31. The minimum absolute atomic E-state index is 0.182. The topological polar surface area (TPSA) is 65.2 Å². The molecule has 1 aromatic heterocycles. The first kappa shape index (κ1) is 9.98. The number of nitrogen functional groups attached to an aromatic ring is 1. The van der Waals surface area contributed by atoms with Gasteiger partial charge in [0.05, 0.1) is 6.61 Å². The Labute approximate surface area is 84.2 Å². The molecule has 0 atom stereocenters. The molecule has 70 valence electrons. The van der Waals surface area contributed by atoms with Crippen molar-refractivity contribution in [2.24, 2.45) is 0 Å². The van der Waals surface area contributed by atoms with E-state index in [4.69, 9.17) is 10.5 Å². The van der Waals surface area contributed by atoms with E-state index in [0.717, 1.165) is 0 Å². The Balaban J connectivity index is 2.99. The molecule has 0 amide bonds. The molecule has 2 N–H and O–H groups in total. The number of anilines is 1. The van der Waals surface area contributed by atoms with Crippen LogP contribution in [0.15, 0.2) is 16.7 Å². The minimum Gasteiger partial charge on any atom is -0.462 e. The number of halogens is 1. The number of nitrogens with zero attached hydrogens (tertiary/aromatic N) is 1. The van der Waals surface area contributed by atoms with Crippen LogP contribution in [0, 0.1) is 0 Å². The quantitative estimate of drug-likeness (QED) is 0.803. The van der Waals surface area contributed by atoms with Crippen molar-refractivity contribution in [2.45, 2.75) is 6.92 Å². The van der Waals surface area contributed by atoms with E-state index in [1.54, 1.807) is 13.0 Å². The second kappa shape index (κ2) is 4.23. The van der Waals surface area contributed by atoms with Gasteiger partial charge < -0.3 is 10.5 Å². The standard InChI is InChI=1S/C8H9BrN2O2/c1-2-13-8(12)6-3-5(9)4-11-7(6)10/h3-4H,2H2,1H3,(H2,10,11). The first-order chi connectivity index (χ1) is 6.15. The van der Waals surface area contributed by atoms with Gasteiger partial charge in [0.2, 0.25) is 0 Å². The van der Waals surface area contributed by atoms with Crippen molar-refractivity contribution in [1.29, 1.82) is 0 Å². The van der Waals surface area contributed by atoms with Gasteiger partial charge in [-0.1, -0.05) is 0 Å². The highest BCUT2D eigenvalue weighted by Gasteiger charge is 2.11. The Bertz CT molecular complexity index is 328. The zero-order valence-electron chi connectivity index (χ0n) is 7.08. The Hall–Kier alpha value is -1.10. The molecule has 0 saturated heterocycles. The lowest BCUT2D eigenvalue weighted by atomic mass is 10.2. The normalized spacial score (nSPS) is 9.69. The molecular weight excluding hydrogens is 236 g/mol. The first-order valence-corrected chi connectivity index (χ1v) is 4.52. The molecule has 1 heterocycles. The predicted molar refractivity (Wildman–Crippen MR) is 52.3 cm³/mol. The van der Waals surface area contributed by atoms with E-state index in [1.165, 1.54) is 6.20 Å². The van der Waals surface area contributed by atoms with Gasteiger partial charge in [-0.25, -0.2) is 9.78 Å². The molecule has 4 nitrogen and oxygen atoms in total. The van der Waals surface area contributed by atoms with E-state index < -0.39 is 5.97 Å². The number of hydrogen-bond donors (Lipinski definition) is 1. The average molecular weight is 245 g/mol. The average Bonchev–Trinajstić information content (AvgIpc) is 2.09. The fourth-order valence-electron chi connectivity index (χ4n) is 0.822. The lowest BCUT2D eigenvalue weighted by molar-refractivity contribution is 0.0527. The van der Waals surface area contributed by atoms with E-state index >= 15 is 0 Å². The SMILES string of the molecule is CCOC(=O)c1cc(Br)cnc1N. The molecule has 13 heavy (non-hydrogen) atoms. The van der Waals surface area contributed by atoms with Crippen LogP contribution in [0.3, 0.4) is 0 Å². The van der Waals surface area contributed by atoms with Gasteiger partial charge in [-0.15, -0.1) is 0 Å². The molecule has 0 unspecified atom stereocenters. The Kier molecular flexibility index (Phi) is 3.25. The van der Waals surface area contributed by atoms with Crippen molar-refractivity contribution in [3.8, 4) is 0 Å². The highest BCUT2D eigenvalue weighted by Crippen LogP contribution is 2.16. The smallest absolute Gasteiger partial charge is 0.341 e. The van der Waals surface area contributed by atoms with Gasteiger partial charge in [0.25, 0.3) is 0 Å². The zero-order valence-corrected chi connectivity index (χ0v) is 8.67. The number of pyridine rings is 1. The van der Waals surface area contributed by atoms with Gasteiger partial charge in [-0.05, 0) is 28.9 Å². The molecule has 0 fully saturated rings. The molecule has 0 aromatic carbocycles. The molecule has 1 rings (SSSR count). The number of ether oxygens (including phenoxy) is 1. The third-order valence-corrected chi connectivity index (χ3v) is 1.81. The molecule has 0 aliphatic carbocycles. The van der Waals surface area contributed by atoms with Crippen molar-refractivity contribution in [3.05, 3.63) is 22.3 Å². The van der Waals surface area contributed by atoms with Crippen LogP contribution in [0.5, 0.6) is 0 Å². The Morgan fingerprint density at radius 2 is 2.46 bits per heavy atom. The Morgan fingerprint density at radius 3 is 3.08 bits per heavy atom. The number of esters is 1. The van der Waals surface area contributed by atoms with Gasteiger partial charge in [-0.2, -0.15) is 0 Å². The van der Waals surface area contributed by atoms with Crippen LogP contribution in [0.25, 0.3) is 0 Å². The van der Waals surface area contributed by atoms with Crippen molar-refractivity contribution < 1.29 is 9.53 Å². The molecule has 5 heteroatoms. The molecule has 0 bridgehead atoms. The molecule has 1 aromatic rings. The number of hydrogen-bond acceptors (Lipinski definition) is 4. The summed E-state index contributed by atoms with van der Waals surface area (Å²) in [6.45, 7) is 2.06. The fraction of sp³-hybridized carbons (Fsp3) is 0.250. The van der Waals surface area contributed by atoms with Gasteiger partial charge >= 0.3 is 5.97 Å². The molecular formula is C8H9BrN2O2. The molecule has 0 aliphatic heterocycles. The number of carbonyl (C=O) groups excluding carboxylic acids is 1. The summed E-state index contributed by atoms with van der Waals surface area (Å²) in [5.41, 5.74) is 5.78. The minimum atomic E-state index is -0.450. The Morgan fingerprint density at radius 1 is 1.77 bits per heavy atom. The van der Waals surface area contributed by atoms with Crippen molar-refractivity contribution in [1.82, 2.24) is 4.98 Å². The molecule has 0 radical (unpaired) electrons. The number of aromatic nitrogens is 1. The van der Waals surface area contributed by atoms with E-state index in [2.05, 4.69) is 20.9 Å². The summed E-state index contributed by atoms with van der Waals surface area (Å²) in [4.78, 5) is 15.1. The third kappa shape index (κ3) is 2.42. The molecule has 0 aliphatic rings. The van der Waals surface area contributed by atoms with Gasteiger partial charge in [-0.3, -0.25) is 0 Å². The van der Waals surface area contributed by atoms with E-state index in [1.807, 2.05) is 0 Å². The van der Waals surface area contributed by atoms with E-state index in [9.17, 15) is 4.79 Å².